The van der Waals surface area contributed by atoms with Crippen LogP contribution in [0.25, 0.3) is 0 Å². The van der Waals surface area contributed by atoms with Crippen LogP contribution in [-0.4, -0.2) is 0 Å². The Hall–Kier alpha value is -0.520. The molecule has 0 saturated carbocycles. The third-order valence-electron chi connectivity index (χ3n) is 2.04. The summed E-state index contributed by atoms with van der Waals surface area (Å²) in [5, 5.41) is 0. The van der Waals surface area contributed by atoms with Crippen molar-refractivity contribution < 1.29 is 0 Å². The van der Waals surface area contributed by atoms with Crippen molar-refractivity contribution in [2.75, 3.05) is 0 Å². The molecule has 0 fully saturated rings. The van der Waals surface area contributed by atoms with Crippen LogP contribution in [0.5, 0.6) is 0 Å². The lowest BCUT2D eigenvalue weighted by atomic mass is 10.1. The minimum absolute atomic E-state index is 1.05. The first-order valence-corrected chi connectivity index (χ1v) is 5.25. The second kappa shape index (κ2) is 8.10. The van der Waals surface area contributed by atoms with Crippen LogP contribution in [0.4, 0.5) is 0 Å². The minimum atomic E-state index is 1.05. The van der Waals surface area contributed by atoms with Gasteiger partial charge in [-0.2, -0.15) is 0 Å². The number of rotatable bonds is 6. The van der Waals surface area contributed by atoms with E-state index < -0.39 is 0 Å². The lowest BCUT2D eigenvalue weighted by Crippen LogP contribution is -1.78. The average Bonchev–Trinajstić information content (AvgIpc) is 2.04. The molecule has 0 aromatic carbocycles. The van der Waals surface area contributed by atoms with E-state index in [1.807, 2.05) is 0 Å². The molecule has 0 aliphatic rings. The largest absolute Gasteiger partial charge is 0.0856 e. The van der Waals surface area contributed by atoms with Gasteiger partial charge in [-0.1, -0.05) is 36.6 Å². The number of unbranched alkanes of at least 4 members (excludes halogenated alkanes) is 2. The van der Waals surface area contributed by atoms with E-state index in [2.05, 4.69) is 39.8 Å². The van der Waals surface area contributed by atoms with Gasteiger partial charge in [0.25, 0.3) is 0 Å². The van der Waals surface area contributed by atoms with Gasteiger partial charge in [0.2, 0.25) is 0 Å². The van der Waals surface area contributed by atoms with E-state index in [-0.39, 0.29) is 0 Å². The van der Waals surface area contributed by atoms with Gasteiger partial charge in [-0.05, 0) is 46.5 Å². The highest BCUT2D eigenvalue weighted by Crippen LogP contribution is 2.08. The van der Waals surface area contributed by atoms with Crippen molar-refractivity contribution >= 4 is 0 Å². The van der Waals surface area contributed by atoms with Crippen molar-refractivity contribution in [1.82, 2.24) is 0 Å². The summed E-state index contributed by atoms with van der Waals surface area (Å²) in [5.41, 5.74) is 2.94. The third-order valence-corrected chi connectivity index (χ3v) is 2.04. The molecule has 0 N–H and O–H groups in total. The van der Waals surface area contributed by atoms with Gasteiger partial charge in [0.05, 0.1) is 0 Å². The molecular formula is C13H23. The zero-order chi connectivity index (χ0) is 10.1. The van der Waals surface area contributed by atoms with Crippen molar-refractivity contribution in [3.05, 3.63) is 30.2 Å². The van der Waals surface area contributed by atoms with Gasteiger partial charge in [-0.15, -0.1) is 0 Å². The Morgan fingerprint density at radius 2 is 1.77 bits per heavy atom. The smallest absolute Gasteiger partial charge is 0.0288 e. The van der Waals surface area contributed by atoms with Crippen LogP contribution in [0.1, 0.15) is 52.9 Å². The summed E-state index contributed by atoms with van der Waals surface area (Å²) >= 11 is 0. The van der Waals surface area contributed by atoms with Crippen LogP contribution in [0.3, 0.4) is 0 Å². The monoisotopic (exact) mass is 179 g/mol. The maximum Gasteiger partial charge on any atom is -0.0288 e. The zero-order valence-electron chi connectivity index (χ0n) is 9.40. The SMILES string of the molecule is [CH2]CCCC=C(C)CCC=C(C)C. The van der Waals surface area contributed by atoms with Crippen LogP contribution in [0, 0.1) is 6.92 Å². The standard InChI is InChI=1S/C13H23/c1-5-6-7-10-13(4)11-8-9-12(2)3/h9-10H,1,5-8,11H2,2-4H3. The molecule has 0 aliphatic heterocycles. The van der Waals surface area contributed by atoms with E-state index in [1.165, 1.54) is 36.8 Å². The van der Waals surface area contributed by atoms with E-state index in [0.717, 1.165) is 6.42 Å². The number of hydrogen-bond donors (Lipinski definition) is 0. The van der Waals surface area contributed by atoms with Crippen molar-refractivity contribution in [2.45, 2.75) is 52.9 Å². The zero-order valence-corrected chi connectivity index (χ0v) is 9.40. The Balaban J connectivity index is 3.55. The molecule has 1 radical (unpaired) electrons. The molecule has 0 bridgehead atoms. The molecule has 0 aliphatic carbocycles. The first-order chi connectivity index (χ1) is 6.16. The topological polar surface area (TPSA) is 0 Å². The lowest BCUT2D eigenvalue weighted by Gasteiger charge is -1.98. The van der Waals surface area contributed by atoms with Crippen LogP contribution in [0.2, 0.25) is 0 Å². The Morgan fingerprint density at radius 1 is 1.08 bits per heavy atom. The van der Waals surface area contributed by atoms with Crippen molar-refractivity contribution in [3.8, 4) is 0 Å². The van der Waals surface area contributed by atoms with Gasteiger partial charge in [0.15, 0.2) is 0 Å². The summed E-state index contributed by atoms with van der Waals surface area (Å²) in [4.78, 5) is 0. The highest BCUT2D eigenvalue weighted by Gasteiger charge is 1.88. The normalized spacial score (nSPS) is 11.5. The third kappa shape index (κ3) is 9.39. The molecule has 0 amide bonds. The van der Waals surface area contributed by atoms with Crippen molar-refractivity contribution in [2.24, 2.45) is 0 Å². The Kier molecular flexibility index (Phi) is 7.77. The number of hydrogen-bond acceptors (Lipinski definition) is 0. The van der Waals surface area contributed by atoms with Gasteiger partial charge in [-0.25, -0.2) is 0 Å². The molecule has 0 nitrogen and oxygen atoms in total. The summed E-state index contributed by atoms with van der Waals surface area (Å²) < 4.78 is 0. The molecule has 0 heterocycles. The number of allylic oxidation sites excluding steroid dienone is 4. The van der Waals surface area contributed by atoms with Crippen LogP contribution in [-0.2, 0) is 0 Å². The Morgan fingerprint density at radius 3 is 2.31 bits per heavy atom. The van der Waals surface area contributed by atoms with Gasteiger partial charge >= 0.3 is 0 Å². The first-order valence-electron chi connectivity index (χ1n) is 5.25. The molecule has 13 heavy (non-hydrogen) atoms. The Labute approximate surface area is 83.7 Å². The van der Waals surface area contributed by atoms with E-state index in [0.29, 0.717) is 0 Å². The second-order valence-electron chi connectivity index (χ2n) is 3.87. The maximum absolute atomic E-state index is 3.83. The predicted octanol–water partition coefficient (Wildman–Crippen LogP) is 4.68. The fourth-order valence-electron chi connectivity index (χ4n) is 1.18. The highest BCUT2D eigenvalue weighted by atomic mass is 13.9. The molecule has 0 spiro atoms. The first kappa shape index (κ1) is 12.5. The maximum atomic E-state index is 3.83. The van der Waals surface area contributed by atoms with Gasteiger partial charge in [0, 0.05) is 0 Å². The molecule has 0 aromatic heterocycles. The van der Waals surface area contributed by atoms with Crippen molar-refractivity contribution in [1.29, 1.82) is 0 Å². The van der Waals surface area contributed by atoms with Gasteiger partial charge in [-0.3, -0.25) is 0 Å². The van der Waals surface area contributed by atoms with Crippen LogP contribution in [0.15, 0.2) is 23.3 Å². The summed E-state index contributed by atoms with van der Waals surface area (Å²) in [6, 6.07) is 0. The van der Waals surface area contributed by atoms with Crippen molar-refractivity contribution in [3.63, 3.8) is 0 Å². The predicted molar refractivity (Wildman–Crippen MR) is 61.6 cm³/mol. The van der Waals surface area contributed by atoms with E-state index in [1.54, 1.807) is 0 Å². The quantitative estimate of drug-likeness (QED) is 0.410. The van der Waals surface area contributed by atoms with Gasteiger partial charge < -0.3 is 0 Å². The molecule has 0 unspecified atom stereocenters. The van der Waals surface area contributed by atoms with E-state index in [4.69, 9.17) is 0 Å². The second-order valence-corrected chi connectivity index (χ2v) is 3.87. The summed E-state index contributed by atoms with van der Waals surface area (Å²) in [7, 11) is 0. The Bertz CT molecular complexity index is 168. The molecule has 0 saturated heterocycles. The highest BCUT2D eigenvalue weighted by molar-refractivity contribution is 5.01. The van der Waals surface area contributed by atoms with Crippen LogP contribution >= 0.6 is 0 Å². The summed E-state index contributed by atoms with van der Waals surface area (Å²) in [5.74, 6) is 0. The average molecular weight is 179 g/mol. The fourth-order valence-corrected chi connectivity index (χ4v) is 1.18. The summed E-state index contributed by atoms with van der Waals surface area (Å²) in [6.45, 7) is 10.4. The lowest BCUT2D eigenvalue weighted by molar-refractivity contribution is 0.848. The van der Waals surface area contributed by atoms with E-state index in [9.17, 15) is 0 Å². The molecule has 0 aromatic rings. The van der Waals surface area contributed by atoms with E-state index >= 15 is 0 Å². The molecule has 0 rings (SSSR count). The molecular weight excluding hydrogens is 156 g/mol. The minimum Gasteiger partial charge on any atom is -0.0856 e. The molecule has 0 heteroatoms. The molecule has 0 atom stereocenters. The van der Waals surface area contributed by atoms with Crippen LogP contribution < -0.4 is 0 Å². The molecule has 75 valence electrons. The fraction of sp³-hybridized carbons (Fsp3) is 0.615. The van der Waals surface area contributed by atoms with Gasteiger partial charge in [0.1, 0.15) is 0 Å². The summed E-state index contributed by atoms with van der Waals surface area (Å²) in [6.07, 6.45) is 10.5.